The largest absolute Gasteiger partial charge is 0.294 e. The molecule has 0 saturated carbocycles. The summed E-state index contributed by atoms with van der Waals surface area (Å²) in [6.45, 7) is 0. The average molecular weight is 311 g/mol. The normalized spacial score (nSPS) is 20.9. The summed E-state index contributed by atoms with van der Waals surface area (Å²) in [6, 6.07) is 6.14. The van der Waals surface area contributed by atoms with Crippen LogP contribution in [0.25, 0.3) is 5.65 Å². The van der Waals surface area contributed by atoms with Gasteiger partial charge >= 0.3 is 0 Å². The molecule has 0 amide bonds. The van der Waals surface area contributed by atoms with Crippen LogP contribution in [-0.4, -0.2) is 20.9 Å². The minimum absolute atomic E-state index is 0.817. The first-order chi connectivity index (χ1) is 8.33. The third-order valence-electron chi connectivity index (χ3n) is 3.24. The fourth-order valence-electron chi connectivity index (χ4n) is 2.39. The molecule has 3 heterocycles. The molecule has 4 heteroatoms. The van der Waals surface area contributed by atoms with Crippen molar-refractivity contribution in [3.05, 3.63) is 34.7 Å². The van der Waals surface area contributed by atoms with E-state index < -0.39 is 0 Å². The van der Waals surface area contributed by atoms with Gasteiger partial charge in [-0.15, -0.1) is 0 Å². The van der Waals surface area contributed by atoms with E-state index in [1.165, 1.54) is 30.0 Å². The smallest absolute Gasteiger partial charge is 0.137 e. The summed E-state index contributed by atoms with van der Waals surface area (Å²) in [7, 11) is 0. The molecule has 1 aliphatic heterocycles. The highest BCUT2D eigenvalue weighted by Gasteiger charge is 2.16. The lowest BCUT2D eigenvalue weighted by atomic mass is 10.00. The number of hydrogen-bond donors (Lipinski definition) is 0. The molecule has 2 aromatic heterocycles. The summed E-state index contributed by atoms with van der Waals surface area (Å²) in [4.78, 5) is 4.69. The van der Waals surface area contributed by atoms with Gasteiger partial charge in [0.1, 0.15) is 5.65 Å². The highest BCUT2D eigenvalue weighted by molar-refractivity contribution is 9.10. The van der Waals surface area contributed by atoms with Crippen LogP contribution in [0.4, 0.5) is 0 Å². The molecular weight excluding hydrogens is 296 g/mol. The molecule has 0 aliphatic carbocycles. The number of fused-ring (bicyclic) bond motifs is 1. The third-order valence-corrected chi connectivity index (χ3v) is 5.18. The van der Waals surface area contributed by atoms with E-state index >= 15 is 0 Å². The first kappa shape index (κ1) is 11.6. The number of nitrogens with zero attached hydrogens (tertiary/aromatic N) is 2. The molecule has 90 valence electrons. The van der Waals surface area contributed by atoms with E-state index in [0.29, 0.717) is 0 Å². The SMILES string of the molecule is Brc1cccc2nc(CC3CCCSC3)cn12. The fraction of sp³-hybridized carbons (Fsp3) is 0.462. The van der Waals surface area contributed by atoms with Crippen molar-refractivity contribution in [1.82, 2.24) is 9.38 Å². The molecule has 1 fully saturated rings. The lowest BCUT2D eigenvalue weighted by Crippen LogP contribution is -2.13. The Morgan fingerprint density at radius 1 is 1.47 bits per heavy atom. The number of pyridine rings is 1. The second-order valence-corrected chi connectivity index (χ2v) is 6.56. The van der Waals surface area contributed by atoms with Crippen LogP contribution in [0.2, 0.25) is 0 Å². The quantitative estimate of drug-likeness (QED) is 0.785. The molecule has 0 spiro atoms. The molecule has 0 aromatic carbocycles. The second-order valence-electron chi connectivity index (χ2n) is 4.60. The first-order valence-corrected chi connectivity index (χ1v) is 7.98. The van der Waals surface area contributed by atoms with Crippen molar-refractivity contribution >= 4 is 33.3 Å². The van der Waals surface area contributed by atoms with Gasteiger partial charge in [0.05, 0.1) is 10.3 Å². The van der Waals surface area contributed by atoms with E-state index in [1.807, 2.05) is 6.07 Å². The van der Waals surface area contributed by atoms with Crippen LogP contribution in [-0.2, 0) is 6.42 Å². The third kappa shape index (κ3) is 2.52. The van der Waals surface area contributed by atoms with Crippen molar-refractivity contribution < 1.29 is 0 Å². The number of thioether (sulfide) groups is 1. The van der Waals surface area contributed by atoms with E-state index in [4.69, 9.17) is 4.98 Å². The monoisotopic (exact) mass is 310 g/mol. The maximum atomic E-state index is 4.69. The van der Waals surface area contributed by atoms with Crippen molar-refractivity contribution in [1.29, 1.82) is 0 Å². The number of aromatic nitrogens is 2. The lowest BCUT2D eigenvalue weighted by Gasteiger charge is -2.19. The van der Waals surface area contributed by atoms with Gasteiger partial charge in [0.15, 0.2) is 0 Å². The molecule has 3 rings (SSSR count). The Labute approximate surface area is 114 Å². The van der Waals surface area contributed by atoms with E-state index in [2.05, 4.69) is 50.4 Å². The minimum Gasteiger partial charge on any atom is -0.294 e. The summed E-state index contributed by atoms with van der Waals surface area (Å²) in [5.41, 5.74) is 2.27. The topological polar surface area (TPSA) is 17.3 Å². The number of rotatable bonds is 2. The maximum Gasteiger partial charge on any atom is 0.137 e. The standard InChI is InChI=1S/C13H15BrN2S/c14-12-4-1-5-13-15-11(8-16(12)13)7-10-3-2-6-17-9-10/h1,4-5,8,10H,2-3,6-7,9H2. The van der Waals surface area contributed by atoms with Crippen LogP contribution in [0.15, 0.2) is 29.0 Å². The average Bonchev–Trinajstić information content (AvgIpc) is 2.74. The van der Waals surface area contributed by atoms with E-state index in [0.717, 1.165) is 22.6 Å². The molecule has 17 heavy (non-hydrogen) atoms. The van der Waals surface area contributed by atoms with Gasteiger partial charge in [0.25, 0.3) is 0 Å². The van der Waals surface area contributed by atoms with Gasteiger partial charge in [0.2, 0.25) is 0 Å². The van der Waals surface area contributed by atoms with Gasteiger partial charge < -0.3 is 0 Å². The predicted octanol–water partition coefficient (Wildman–Crippen LogP) is 3.78. The zero-order valence-corrected chi connectivity index (χ0v) is 12.0. The van der Waals surface area contributed by atoms with Crippen LogP contribution >= 0.6 is 27.7 Å². The summed E-state index contributed by atoms with van der Waals surface area (Å²) in [5, 5.41) is 0. The first-order valence-electron chi connectivity index (χ1n) is 6.03. The van der Waals surface area contributed by atoms with Gasteiger partial charge in [0, 0.05) is 6.20 Å². The summed E-state index contributed by atoms with van der Waals surface area (Å²) < 4.78 is 3.19. The van der Waals surface area contributed by atoms with Gasteiger partial charge in [-0.3, -0.25) is 4.40 Å². The van der Waals surface area contributed by atoms with Crippen molar-refractivity contribution in [2.24, 2.45) is 5.92 Å². The van der Waals surface area contributed by atoms with E-state index in [-0.39, 0.29) is 0 Å². The van der Waals surface area contributed by atoms with Crippen molar-refractivity contribution in [3.8, 4) is 0 Å². The van der Waals surface area contributed by atoms with Crippen molar-refractivity contribution in [2.75, 3.05) is 11.5 Å². The Hall–Kier alpha value is -0.480. The van der Waals surface area contributed by atoms with Crippen LogP contribution < -0.4 is 0 Å². The summed E-state index contributed by atoms with van der Waals surface area (Å²) in [6.07, 6.45) is 6.02. The Morgan fingerprint density at radius 3 is 3.18 bits per heavy atom. The zero-order chi connectivity index (χ0) is 11.7. The molecule has 1 saturated heterocycles. The number of imidazole rings is 1. The zero-order valence-electron chi connectivity index (χ0n) is 9.60. The molecule has 0 radical (unpaired) electrons. The molecule has 0 bridgehead atoms. The molecule has 1 unspecified atom stereocenters. The molecular formula is C13H15BrN2S. The predicted molar refractivity (Wildman–Crippen MR) is 76.6 cm³/mol. The number of halogens is 1. The minimum atomic E-state index is 0.817. The van der Waals surface area contributed by atoms with E-state index in [1.54, 1.807) is 0 Å². The van der Waals surface area contributed by atoms with Gasteiger partial charge in [-0.25, -0.2) is 4.98 Å². The Balaban J connectivity index is 1.83. The van der Waals surface area contributed by atoms with Gasteiger partial charge in [-0.05, 0) is 64.7 Å². The van der Waals surface area contributed by atoms with Gasteiger partial charge in [-0.2, -0.15) is 11.8 Å². The summed E-state index contributed by atoms with van der Waals surface area (Å²) in [5.74, 6) is 3.46. The fourth-order valence-corrected chi connectivity index (χ4v) is 3.98. The van der Waals surface area contributed by atoms with Gasteiger partial charge in [-0.1, -0.05) is 6.07 Å². The van der Waals surface area contributed by atoms with Crippen molar-refractivity contribution in [2.45, 2.75) is 19.3 Å². The Kier molecular flexibility index (Phi) is 3.43. The van der Waals surface area contributed by atoms with Crippen LogP contribution in [0.5, 0.6) is 0 Å². The Bertz CT molecular complexity index is 517. The van der Waals surface area contributed by atoms with Crippen LogP contribution in [0, 0.1) is 5.92 Å². The van der Waals surface area contributed by atoms with Crippen molar-refractivity contribution in [3.63, 3.8) is 0 Å². The van der Waals surface area contributed by atoms with E-state index in [9.17, 15) is 0 Å². The maximum absolute atomic E-state index is 4.69. The summed E-state index contributed by atoms with van der Waals surface area (Å²) >= 11 is 5.64. The molecule has 1 atom stereocenters. The molecule has 2 aromatic rings. The highest BCUT2D eigenvalue weighted by atomic mass is 79.9. The highest BCUT2D eigenvalue weighted by Crippen LogP contribution is 2.26. The molecule has 2 nitrogen and oxygen atoms in total. The lowest BCUT2D eigenvalue weighted by molar-refractivity contribution is 0.516. The Morgan fingerprint density at radius 2 is 2.41 bits per heavy atom. The number of hydrogen-bond acceptors (Lipinski definition) is 2. The van der Waals surface area contributed by atoms with Crippen LogP contribution in [0.1, 0.15) is 18.5 Å². The van der Waals surface area contributed by atoms with Crippen LogP contribution in [0.3, 0.4) is 0 Å². The molecule has 0 N–H and O–H groups in total. The second kappa shape index (κ2) is 5.02. The molecule has 1 aliphatic rings.